The Kier molecular flexibility index (Phi) is 4.83. The van der Waals surface area contributed by atoms with Crippen LogP contribution in [0.5, 0.6) is 5.75 Å². The summed E-state index contributed by atoms with van der Waals surface area (Å²) in [6.07, 6.45) is 5.68. The molecule has 0 bridgehead atoms. The van der Waals surface area contributed by atoms with Gasteiger partial charge in [-0.15, -0.1) is 0 Å². The molecular weight excluding hydrogens is 254 g/mol. The second kappa shape index (κ2) is 6.80. The molecule has 0 radical (unpaired) electrons. The molecule has 0 aliphatic heterocycles. The third kappa shape index (κ3) is 3.64. The molecule has 1 aliphatic rings. The molecule has 2 N–H and O–H groups in total. The maximum absolute atomic E-state index is 12.0. The van der Waals surface area contributed by atoms with Crippen molar-refractivity contribution in [3.8, 4) is 11.8 Å². The summed E-state index contributed by atoms with van der Waals surface area (Å²) in [6, 6.07) is 7.01. The molecule has 1 aromatic carbocycles. The molecule has 5 nitrogen and oxygen atoms in total. The lowest BCUT2D eigenvalue weighted by atomic mass is 9.96. The SMILES string of the molecule is COc1cc(C#N)ccc1NC(=O)NC1CCCCC1. The minimum atomic E-state index is -0.222. The zero-order valence-electron chi connectivity index (χ0n) is 11.6. The predicted octanol–water partition coefficient (Wildman–Crippen LogP) is 3.02. The predicted molar refractivity (Wildman–Crippen MR) is 76.7 cm³/mol. The van der Waals surface area contributed by atoms with Crippen LogP contribution in [-0.4, -0.2) is 19.2 Å². The topological polar surface area (TPSA) is 74.1 Å². The Hall–Kier alpha value is -2.22. The van der Waals surface area contributed by atoms with E-state index < -0.39 is 0 Å². The number of hydrogen-bond donors (Lipinski definition) is 2. The molecule has 0 atom stereocenters. The lowest BCUT2D eigenvalue weighted by Gasteiger charge is -2.23. The summed E-state index contributed by atoms with van der Waals surface area (Å²) in [6.45, 7) is 0. The van der Waals surface area contributed by atoms with Crippen molar-refractivity contribution in [2.75, 3.05) is 12.4 Å². The maximum atomic E-state index is 12.0. The van der Waals surface area contributed by atoms with Crippen molar-refractivity contribution in [2.24, 2.45) is 0 Å². The van der Waals surface area contributed by atoms with Crippen LogP contribution >= 0.6 is 0 Å². The van der Waals surface area contributed by atoms with E-state index in [4.69, 9.17) is 10.00 Å². The van der Waals surface area contributed by atoms with Crippen LogP contribution in [0.3, 0.4) is 0 Å². The van der Waals surface area contributed by atoms with Crippen molar-refractivity contribution >= 4 is 11.7 Å². The monoisotopic (exact) mass is 273 g/mol. The highest BCUT2D eigenvalue weighted by molar-refractivity contribution is 5.91. The number of nitrogens with zero attached hydrogens (tertiary/aromatic N) is 1. The van der Waals surface area contributed by atoms with Gasteiger partial charge in [-0.1, -0.05) is 19.3 Å². The molecular formula is C15H19N3O2. The number of urea groups is 1. The second-order valence-electron chi connectivity index (χ2n) is 4.96. The Bertz CT molecular complexity index is 516. The highest BCUT2D eigenvalue weighted by Crippen LogP contribution is 2.25. The Balaban J connectivity index is 1.98. The van der Waals surface area contributed by atoms with E-state index in [1.807, 2.05) is 6.07 Å². The number of benzene rings is 1. The molecule has 0 unspecified atom stereocenters. The number of carbonyl (C=O) groups excluding carboxylic acids is 1. The van der Waals surface area contributed by atoms with Gasteiger partial charge >= 0.3 is 6.03 Å². The quantitative estimate of drug-likeness (QED) is 0.889. The summed E-state index contributed by atoms with van der Waals surface area (Å²) in [5.41, 5.74) is 1.07. The molecule has 2 rings (SSSR count). The molecule has 106 valence electrons. The van der Waals surface area contributed by atoms with Crippen LogP contribution in [0.2, 0.25) is 0 Å². The number of amides is 2. The number of hydrogen-bond acceptors (Lipinski definition) is 3. The minimum Gasteiger partial charge on any atom is -0.495 e. The number of nitriles is 1. The Morgan fingerprint density at radius 3 is 2.75 bits per heavy atom. The standard InChI is InChI=1S/C15H19N3O2/c1-20-14-9-11(10-16)7-8-13(14)18-15(19)17-12-5-3-2-4-6-12/h7-9,12H,2-6H2,1H3,(H2,17,18,19). The lowest BCUT2D eigenvalue weighted by Crippen LogP contribution is -2.39. The fraction of sp³-hybridized carbons (Fsp3) is 0.467. The molecule has 1 fully saturated rings. The molecule has 1 aromatic rings. The largest absolute Gasteiger partial charge is 0.495 e. The van der Waals surface area contributed by atoms with Gasteiger partial charge in [0, 0.05) is 12.1 Å². The fourth-order valence-electron chi connectivity index (χ4n) is 2.45. The van der Waals surface area contributed by atoms with Crippen LogP contribution in [0.15, 0.2) is 18.2 Å². The average Bonchev–Trinajstić information content (AvgIpc) is 2.48. The highest BCUT2D eigenvalue weighted by Gasteiger charge is 2.16. The van der Waals surface area contributed by atoms with Crippen LogP contribution in [-0.2, 0) is 0 Å². The van der Waals surface area contributed by atoms with Crippen LogP contribution < -0.4 is 15.4 Å². The minimum absolute atomic E-state index is 0.222. The summed E-state index contributed by atoms with van der Waals surface area (Å²) in [5.74, 6) is 0.489. The molecule has 0 spiro atoms. The van der Waals surface area contributed by atoms with Crippen LogP contribution in [0, 0.1) is 11.3 Å². The third-order valence-electron chi connectivity index (χ3n) is 3.52. The average molecular weight is 273 g/mol. The first-order valence-electron chi connectivity index (χ1n) is 6.88. The molecule has 2 amide bonds. The fourth-order valence-corrected chi connectivity index (χ4v) is 2.45. The van der Waals surface area contributed by atoms with Crippen molar-refractivity contribution in [1.82, 2.24) is 5.32 Å². The van der Waals surface area contributed by atoms with E-state index in [9.17, 15) is 4.79 Å². The van der Waals surface area contributed by atoms with Crippen LogP contribution in [0.4, 0.5) is 10.5 Å². The summed E-state index contributed by atoms with van der Waals surface area (Å²) in [5, 5.41) is 14.6. The van der Waals surface area contributed by atoms with E-state index >= 15 is 0 Å². The van der Waals surface area contributed by atoms with Gasteiger partial charge in [-0.25, -0.2) is 4.79 Å². The van der Waals surface area contributed by atoms with E-state index in [1.54, 1.807) is 18.2 Å². The maximum Gasteiger partial charge on any atom is 0.319 e. The van der Waals surface area contributed by atoms with Gasteiger partial charge in [0.2, 0.25) is 0 Å². The van der Waals surface area contributed by atoms with Crippen molar-refractivity contribution in [3.05, 3.63) is 23.8 Å². The number of nitrogens with one attached hydrogen (secondary N) is 2. The lowest BCUT2D eigenvalue weighted by molar-refractivity contribution is 0.244. The van der Waals surface area contributed by atoms with E-state index in [2.05, 4.69) is 10.6 Å². The summed E-state index contributed by atoms with van der Waals surface area (Å²) in [4.78, 5) is 12.0. The van der Waals surface area contributed by atoms with Gasteiger partial charge in [-0.3, -0.25) is 0 Å². The molecule has 1 aliphatic carbocycles. The number of carbonyl (C=O) groups is 1. The molecule has 1 saturated carbocycles. The van der Waals surface area contributed by atoms with Gasteiger partial charge in [0.1, 0.15) is 5.75 Å². The van der Waals surface area contributed by atoms with Gasteiger partial charge in [-0.05, 0) is 25.0 Å². The smallest absolute Gasteiger partial charge is 0.319 e. The Morgan fingerprint density at radius 2 is 2.10 bits per heavy atom. The van der Waals surface area contributed by atoms with E-state index in [-0.39, 0.29) is 12.1 Å². The molecule has 0 heterocycles. The zero-order chi connectivity index (χ0) is 14.4. The normalized spacial score (nSPS) is 15.2. The molecule has 0 saturated heterocycles. The van der Waals surface area contributed by atoms with E-state index in [0.29, 0.717) is 17.0 Å². The van der Waals surface area contributed by atoms with Crippen LogP contribution in [0.25, 0.3) is 0 Å². The van der Waals surface area contributed by atoms with Crippen molar-refractivity contribution in [1.29, 1.82) is 5.26 Å². The zero-order valence-corrected chi connectivity index (χ0v) is 11.6. The summed E-state index contributed by atoms with van der Waals surface area (Å²) >= 11 is 0. The highest BCUT2D eigenvalue weighted by atomic mass is 16.5. The third-order valence-corrected chi connectivity index (χ3v) is 3.52. The van der Waals surface area contributed by atoms with E-state index in [0.717, 1.165) is 12.8 Å². The van der Waals surface area contributed by atoms with Gasteiger partial charge in [0.05, 0.1) is 24.4 Å². The first-order chi connectivity index (χ1) is 9.72. The van der Waals surface area contributed by atoms with Gasteiger partial charge < -0.3 is 15.4 Å². The van der Waals surface area contributed by atoms with Crippen molar-refractivity contribution in [3.63, 3.8) is 0 Å². The second-order valence-corrected chi connectivity index (χ2v) is 4.96. The van der Waals surface area contributed by atoms with Crippen molar-refractivity contribution in [2.45, 2.75) is 38.1 Å². The van der Waals surface area contributed by atoms with Gasteiger partial charge in [0.25, 0.3) is 0 Å². The van der Waals surface area contributed by atoms with Gasteiger partial charge in [-0.2, -0.15) is 5.26 Å². The number of anilines is 1. The van der Waals surface area contributed by atoms with E-state index in [1.165, 1.54) is 26.4 Å². The first kappa shape index (κ1) is 14.2. The molecule has 0 aromatic heterocycles. The van der Waals surface area contributed by atoms with Crippen LogP contribution in [0.1, 0.15) is 37.7 Å². The summed E-state index contributed by atoms with van der Waals surface area (Å²) < 4.78 is 5.19. The van der Waals surface area contributed by atoms with Crippen molar-refractivity contribution < 1.29 is 9.53 Å². The number of rotatable bonds is 3. The number of methoxy groups -OCH3 is 1. The summed E-state index contributed by atoms with van der Waals surface area (Å²) in [7, 11) is 1.51. The molecule has 20 heavy (non-hydrogen) atoms. The molecule has 5 heteroatoms. The first-order valence-corrected chi connectivity index (χ1v) is 6.88. The van der Waals surface area contributed by atoms with Gasteiger partial charge in [0.15, 0.2) is 0 Å². The Morgan fingerprint density at radius 1 is 1.35 bits per heavy atom. The Labute approximate surface area is 118 Å². The number of ether oxygens (including phenoxy) is 1.